The van der Waals surface area contributed by atoms with Gasteiger partial charge in [0.2, 0.25) is 11.8 Å². The third kappa shape index (κ3) is 7.27. The lowest BCUT2D eigenvalue weighted by atomic mass is 10.4. The second-order valence-electron chi connectivity index (χ2n) is 3.00. The molecule has 0 atom stereocenters. The summed E-state index contributed by atoms with van der Waals surface area (Å²) in [6.07, 6.45) is 0. The van der Waals surface area contributed by atoms with Gasteiger partial charge in [-0.15, -0.1) is 0 Å². The van der Waals surface area contributed by atoms with Crippen molar-refractivity contribution in [2.24, 2.45) is 0 Å². The summed E-state index contributed by atoms with van der Waals surface area (Å²) in [5.74, 6) is -0.226. The fourth-order valence-corrected chi connectivity index (χ4v) is 0.751. The number of hydrogen-bond acceptors (Lipinski definition) is 3. The van der Waals surface area contributed by atoms with Gasteiger partial charge in [0.1, 0.15) is 0 Å². The average Bonchev–Trinajstić information content (AvgIpc) is 2.02. The van der Waals surface area contributed by atoms with Crippen molar-refractivity contribution in [3.63, 3.8) is 0 Å². The van der Waals surface area contributed by atoms with E-state index in [4.69, 9.17) is 0 Å². The third-order valence-electron chi connectivity index (χ3n) is 1.30. The Kier molecular flexibility index (Phi) is 5.88. The molecule has 76 valence electrons. The summed E-state index contributed by atoms with van der Waals surface area (Å²) in [7, 11) is 1.55. The van der Waals surface area contributed by atoms with Crippen LogP contribution in [-0.2, 0) is 9.59 Å². The topological polar surface area (TPSA) is 70.2 Å². The zero-order valence-corrected chi connectivity index (χ0v) is 8.31. The lowest BCUT2D eigenvalue weighted by Crippen LogP contribution is -2.40. The molecule has 0 radical (unpaired) electrons. The van der Waals surface area contributed by atoms with Crippen LogP contribution >= 0.6 is 0 Å². The first kappa shape index (κ1) is 11.9. The van der Waals surface area contributed by atoms with Gasteiger partial charge < -0.3 is 10.6 Å². The standard InChI is InChI=1S/C8H17N3O2/c1-6(2)11-8(13)5-10-4-7(12)9-3/h6,10H,4-5H2,1-3H3,(H,9,12)(H,11,13). The second kappa shape index (κ2) is 6.42. The molecule has 0 aliphatic carbocycles. The van der Waals surface area contributed by atoms with Gasteiger partial charge in [0.25, 0.3) is 0 Å². The minimum absolute atomic E-state index is 0.0982. The number of carbonyl (C=O) groups is 2. The molecule has 0 aromatic rings. The first-order chi connectivity index (χ1) is 6.06. The number of amides is 2. The lowest BCUT2D eigenvalue weighted by Gasteiger charge is -2.08. The van der Waals surface area contributed by atoms with Crippen LogP contribution in [0.3, 0.4) is 0 Å². The van der Waals surface area contributed by atoms with Crippen LogP contribution in [0.2, 0.25) is 0 Å². The van der Waals surface area contributed by atoms with Crippen LogP contribution in [0.5, 0.6) is 0 Å². The molecule has 5 heteroatoms. The smallest absolute Gasteiger partial charge is 0.234 e. The number of rotatable bonds is 5. The summed E-state index contributed by atoms with van der Waals surface area (Å²) in [6, 6.07) is 0.134. The van der Waals surface area contributed by atoms with Crippen LogP contribution in [0, 0.1) is 0 Å². The van der Waals surface area contributed by atoms with Crippen LogP contribution < -0.4 is 16.0 Å². The van der Waals surface area contributed by atoms with Gasteiger partial charge in [-0.05, 0) is 13.8 Å². The highest BCUT2D eigenvalue weighted by molar-refractivity contribution is 5.80. The summed E-state index contributed by atoms with van der Waals surface area (Å²) in [4.78, 5) is 21.7. The molecule has 5 nitrogen and oxygen atoms in total. The predicted octanol–water partition coefficient (Wildman–Crippen LogP) is -1.15. The van der Waals surface area contributed by atoms with E-state index >= 15 is 0 Å². The van der Waals surface area contributed by atoms with Gasteiger partial charge in [-0.1, -0.05) is 0 Å². The minimum atomic E-state index is -0.127. The molecular formula is C8H17N3O2. The van der Waals surface area contributed by atoms with Crippen LogP contribution in [0.4, 0.5) is 0 Å². The van der Waals surface area contributed by atoms with Crippen molar-refractivity contribution in [3.05, 3.63) is 0 Å². The number of nitrogens with one attached hydrogen (secondary N) is 3. The molecule has 0 aromatic heterocycles. The fourth-order valence-electron chi connectivity index (χ4n) is 0.751. The number of likely N-dealkylation sites (N-methyl/N-ethyl adjacent to an activating group) is 1. The molecule has 0 saturated carbocycles. The maximum atomic E-state index is 11.0. The number of hydrogen-bond donors (Lipinski definition) is 3. The second-order valence-corrected chi connectivity index (χ2v) is 3.00. The maximum absolute atomic E-state index is 11.0. The molecule has 0 bridgehead atoms. The Morgan fingerprint density at radius 1 is 1.15 bits per heavy atom. The molecule has 0 saturated heterocycles. The van der Waals surface area contributed by atoms with Gasteiger partial charge in [0.15, 0.2) is 0 Å². The van der Waals surface area contributed by atoms with Crippen LogP contribution in [0.25, 0.3) is 0 Å². The van der Waals surface area contributed by atoms with Gasteiger partial charge in [-0.3, -0.25) is 14.9 Å². The summed E-state index contributed by atoms with van der Waals surface area (Å²) < 4.78 is 0. The molecule has 0 aliphatic rings. The van der Waals surface area contributed by atoms with Crippen molar-refractivity contribution >= 4 is 11.8 Å². The minimum Gasteiger partial charge on any atom is -0.358 e. The highest BCUT2D eigenvalue weighted by Crippen LogP contribution is 1.75. The van der Waals surface area contributed by atoms with Gasteiger partial charge in [-0.25, -0.2) is 0 Å². The van der Waals surface area contributed by atoms with Crippen molar-refractivity contribution in [3.8, 4) is 0 Å². The lowest BCUT2D eigenvalue weighted by molar-refractivity contribution is -0.121. The SMILES string of the molecule is CNC(=O)CNCC(=O)NC(C)C. The van der Waals surface area contributed by atoms with E-state index in [0.29, 0.717) is 0 Å². The number of carbonyl (C=O) groups excluding carboxylic acids is 2. The molecular weight excluding hydrogens is 170 g/mol. The van der Waals surface area contributed by atoms with E-state index in [0.717, 1.165) is 0 Å². The average molecular weight is 187 g/mol. The summed E-state index contributed by atoms with van der Waals surface area (Å²) in [5, 5.41) is 7.86. The zero-order valence-electron chi connectivity index (χ0n) is 8.31. The molecule has 2 amide bonds. The summed E-state index contributed by atoms with van der Waals surface area (Å²) in [6.45, 7) is 4.11. The Balaban J connectivity index is 3.42. The van der Waals surface area contributed by atoms with Gasteiger partial charge in [0, 0.05) is 13.1 Å². The first-order valence-corrected chi connectivity index (χ1v) is 4.27. The Bertz CT molecular complexity index is 180. The molecule has 0 unspecified atom stereocenters. The Morgan fingerprint density at radius 2 is 1.69 bits per heavy atom. The quantitative estimate of drug-likeness (QED) is 0.509. The highest BCUT2D eigenvalue weighted by atomic mass is 16.2. The van der Waals surface area contributed by atoms with E-state index in [-0.39, 0.29) is 30.9 Å². The highest BCUT2D eigenvalue weighted by Gasteiger charge is 2.03. The van der Waals surface area contributed by atoms with Crippen molar-refractivity contribution < 1.29 is 9.59 Å². The van der Waals surface area contributed by atoms with Crippen LogP contribution in [-0.4, -0.2) is 38.0 Å². The van der Waals surface area contributed by atoms with E-state index in [1.807, 2.05) is 13.8 Å². The van der Waals surface area contributed by atoms with E-state index in [1.165, 1.54) is 0 Å². The van der Waals surface area contributed by atoms with E-state index in [1.54, 1.807) is 7.05 Å². The Labute approximate surface area is 78.3 Å². The third-order valence-corrected chi connectivity index (χ3v) is 1.30. The van der Waals surface area contributed by atoms with E-state index < -0.39 is 0 Å². The van der Waals surface area contributed by atoms with Crippen LogP contribution in [0.1, 0.15) is 13.8 Å². The molecule has 0 aromatic carbocycles. The van der Waals surface area contributed by atoms with Crippen molar-refractivity contribution in [1.29, 1.82) is 0 Å². The molecule has 0 heterocycles. The molecule has 13 heavy (non-hydrogen) atoms. The summed E-state index contributed by atoms with van der Waals surface area (Å²) >= 11 is 0. The van der Waals surface area contributed by atoms with Crippen molar-refractivity contribution in [1.82, 2.24) is 16.0 Å². The Morgan fingerprint density at radius 3 is 2.15 bits per heavy atom. The molecule has 0 spiro atoms. The Hall–Kier alpha value is -1.10. The van der Waals surface area contributed by atoms with Crippen molar-refractivity contribution in [2.75, 3.05) is 20.1 Å². The van der Waals surface area contributed by atoms with E-state index in [2.05, 4.69) is 16.0 Å². The van der Waals surface area contributed by atoms with Gasteiger partial charge >= 0.3 is 0 Å². The maximum Gasteiger partial charge on any atom is 0.234 e. The molecule has 0 rings (SSSR count). The van der Waals surface area contributed by atoms with Crippen LogP contribution in [0.15, 0.2) is 0 Å². The van der Waals surface area contributed by atoms with Crippen molar-refractivity contribution in [2.45, 2.75) is 19.9 Å². The normalized spacial score (nSPS) is 9.85. The predicted molar refractivity (Wildman–Crippen MR) is 50.2 cm³/mol. The monoisotopic (exact) mass is 187 g/mol. The van der Waals surface area contributed by atoms with Gasteiger partial charge in [0.05, 0.1) is 13.1 Å². The summed E-state index contributed by atoms with van der Waals surface area (Å²) in [5.41, 5.74) is 0. The van der Waals surface area contributed by atoms with Gasteiger partial charge in [-0.2, -0.15) is 0 Å². The van der Waals surface area contributed by atoms with E-state index in [9.17, 15) is 9.59 Å². The molecule has 0 fully saturated rings. The fraction of sp³-hybridized carbons (Fsp3) is 0.750. The zero-order chi connectivity index (χ0) is 10.3. The molecule has 3 N–H and O–H groups in total. The largest absolute Gasteiger partial charge is 0.358 e. The first-order valence-electron chi connectivity index (χ1n) is 4.27. The molecule has 0 aliphatic heterocycles.